The van der Waals surface area contributed by atoms with Crippen molar-refractivity contribution in [2.45, 2.75) is 33.3 Å². The van der Waals surface area contributed by atoms with Crippen LogP contribution in [0.1, 0.15) is 54.6 Å². The zero-order chi connectivity index (χ0) is 20.5. The number of nitrogens with one attached hydrogen (secondary N) is 1. The Kier molecular flexibility index (Phi) is 4.93. The van der Waals surface area contributed by atoms with E-state index in [1.807, 2.05) is 63.2 Å². The number of carbonyl (C=O) groups excluding carboxylic acids is 2. The molecule has 4 rings (SSSR count). The second kappa shape index (κ2) is 7.55. The number of rotatable bonds is 3. The van der Waals surface area contributed by atoms with Gasteiger partial charge in [0.1, 0.15) is 6.10 Å². The van der Waals surface area contributed by atoms with Crippen molar-refractivity contribution >= 4 is 17.6 Å². The minimum absolute atomic E-state index is 0.188. The van der Waals surface area contributed by atoms with Gasteiger partial charge in [0.25, 0.3) is 5.91 Å². The van der Waals surface area contributed by atoms with E-state index in [4.69, 9.17) is 4.74 Å². The number of cyclic esters (lactones) is 1. The SMILES string of the molecule is Cc1ccc(C2Cc3cc(C(=O)Nc4cccc(C)c4C)ccc3C(=O)O2)cc1. The van der Waals surface area contributed by atoms with Crippen molar-refractivity contribution < 1.29 is 14.3 Å². The summed E-state index contributed by atoms with van der Waals surface area (Å²) in [5.74, 6) is -0.536. The molecule has 1 heterocycles. The Morgan fingerprint density at radius 2 is 1.76 bits per heavy atom. The van der Waals surface area contributed by atoms with E-state index in [0.717, 1.165) is 33.5 Å². The van der Waals surface area contributed by atoms with E-state index in [1.165, 1.54) is 0 Å². The summed E-state index contributed by atoms with van der Waals surface area (Å²) in [5.41, 5.74) is 6.96. The molecule has 0 saturated carbocycles. The first-order valence-electron chi connectivity index (χ1n) is 9.70. The summed E-state index contributed by atoms with van der Waals surface area (Å²) in [4.78, 5) is 25.3. The zero-order valence-electron chi connectivity index (χ0n) is 16.8. The van der Waals surface area contributed by atoms with E-state index in [9.17, 15) is 9.59 Å². The van der Waals surface area contributed by atoms with Gasteiger partial charge in [-0.25, -0.2) is 4.79 Å². The van der Waals surface area contributed by atoms with E-state index >= 15 is 0 Å². The molecule has 0 saturated heterocycles. The molecule has 1 amide bonds. The highest BCUT2D eigenvalue weighted by Gasteiger charge is 2.28. The number of aryl methyl sites for hydroxylation is 2. The smallest absolute Gasteiger partial charge is 0.339 e. The number of hydrogen-bond acceptors (Lipinski definition) is 3. The molecule has 0 bridgehead atoms. The third-order valence-electron chi connectivity index (χ3n) is 5.54. The number of carbonyl (C=O) groups is 2. The van der Waals surface area contributed by atoms with Gasteiger partial charge in [0.2, 0.25) is 0 Å². The maximum absolute atomic E-state index is 12.8. The summed E-state index contributed by atoms with van der Waals surface area (Å²) in [6.07, 6.45) is 0.210. The molecule has 29 heavy (non-hydrogen) atoms. The van der Waals surface area contributed by atoms with Crippen LogP contribution in [0, 0.1) is 20.8 Å². The molecule has 1 N–H and O–H groups in total. The lowest BCUT2D eigenvalue weighted by Gasteiger charge is -2.25. The highest BCUT2D eigenvalue weighted by molar-refractivity contribution is 6.05. The quantitative estimate of drug-likeness (QED) is 0.621. The summed E-state index contributed by atoms with van der Waals surface area (Å²) in [5, 5.41) is 2.98. The molecular weight excluding hydrogens is 362 g/mol. The third kappa shape index (κ3) is 3.79. The molecule has 0 aromatic heterocycles. The molecule has 0 fully saturated rings. The van der Waals surface area contributed by atoms with Crippen LogP contribution in [-0.4, -0.2) is 11.9 Å². The predicted octanol–water partition coefficient (Wildman–Crippen LogP) is 5.32. The Bertz CT molecular complexity index is 1100. The van der Waals surface area contributed by atoms with Crippen molar-refractivity contribution in [3.8, 4) is 0 Å². The van der Waals surface area contributed by atoms with E-state index in [2.05, 4.69) is 5.32 Å². The maximum Gasteiger partial charge on any atom is 0.339 e. The normalized spacial score (nSPS) is 15.4. The van der Waals surface area contributed by atoms with Crippen molar-refractivity contribution in [3.63, 3.8) is 0 Å². The molecule has 1 aliphatic rings. The lowest BCUT2D eigenvalue weighted by atomic mass is 9.92. The zero-order valence-corrected chi connectivity index (χ0v) is 16.8. The van der Waals surface area contributed by atoms with E-state index in [0.29, 0.717) is 17.5 Å². The fourth-order valence-corrected chi connectivity index (χ4v) is 3.59. The minimum atomic E-state index is -0.349. The maximum atomic E-state index is 12.8. The molecular formula is C25H23NO3. The van der Waals surface area contributed by atoms with E-state index < -0.39 is 0 Å². The highest BCUT2D eigenvalue weighted by atomic mass is 16.5. The second-order valence-corrected chi connectivity index (χ2v) is 7.58. The Balaban J connectivity index is 1.60. The van der Waals surface area contributed by atoms with Crippen molar-refractivity contribution in [2.75, 3.05) is 5.32 Å². The third-order valence-corrected chi connectivity index (χ3v) is 5.54. The van der Waals surface area contributed by atoms with Crippen molar-refractivity contribution in [1.29, 1.82) is 0 Å². The average Bonchev–Trinajstić information content (AvgIpc) is 2.71. The Hall–Kier alpha value is -3.40. The van der Waals surface area contributed by atoms with Crippen LogP contribution in [0.4, 0.5) is 5.69 Å². The molecule has 1 atom stereocenters. The number of fused-ring (bicyclic) bond motifs is 1. The molecule has 146 valence electrons. The number of hydrogen-bond donors (Lipinski definition) is 1. The summed E-state index contributed by atoms with van der Waals surface area (Å²) in [7, 11) is 0. The summed E-state index contributed by atoms with van der Waals surface area (Å²) >= 11 is 0. The molecule has 3 aromatic rings. The number of anilines is 1. The number of benzene rings is 3. The van der Waals surface area contributed by atoms with Crippen LogP contribution in [-0.2, 0) is 11.2 Å². The lowest BCUT2D eigenvalue weighted by Crippen LogP contribution is -2.23. The average molecular weight is 385 g/mol. The largest absolute Gasteiger partial charge is 0.454 e. The van der Waals surface area contributed by atoms with Gasteiger partial charge in [-0.3, -0.25) is 4.79 Å². The summed E-state index contributed by atoms with van der Waals surface area (Å²) in [6, 6.07) is 19.0. The first-order valence-corrected chi connectivity index (χ1v) is 9.70. The standard InChI is InChI=1S/C25H23NO3/c1-15-7-9-18(10-8-15)23-14-20-13-19(11-12-21(20)25(28)29-23)24(27)26-22-6-4-5-16(2)17(22)3/h4-13,23H,14H2,1-3H3,(H,26,27). The molecule has 0 spiro atoms. The van der Waals surface area contributed by atoms with Gasteiger partial charge in [0, 0.05) is 17.7 Å². The van der Waals surface area contributed by atoms with Crippen molar-refractivity contribution in [1.82, 2.24) is 0 Å². The van der Waals surface area contributed by atoms with Crippen LogP contribution in [0.2, 0.25) is 0 Å². The van der Waals surface area contributed by atoms with Crippen LogP contribution in [0.25, 0.3) is 0 Å². The first-order chi connectivity index (χ1) is 13.9. The van der Waals surface area contributed by atoms with Crippen LogP contribution in [0.3, 0.4) is 0 Å². The Morgan fingerprint density at radius 3 is 2.52 bits per heavy atom. The number of esters is 1. The van der Waals surface area contributed by atoms with Gasteiger partial charge in [0.05, 0.1) is 5.56 Å². The highest BCUT2D eigenvalue weighted by Crippen LogP contribution is 2.31. The molecule has 4 heteroatoms. The van der Waals surface area contributed by atoms with Crippen LogP contribution in [0.5, 0.6) is 0 Å². The monoisotopic (exact) mass is 385 g/mol. The van der Waals surface area contributed by atoms with Crippen LogP contribution in [0.15, 0.2) is 60.7 Å². The van der Waals surface area contributed by atoms with Gasteiger partial charge in [0.15, 0.2) is 0 Å². The van der Waals surface area contributed by atoms with E-state index in [-0.39, 0.29) is 18.0 Å². The predicted molar refractivity (Wildman–Crippen MR) is 113 cm³/mol. The number of amides is 1. The van der Waals surface area contributed by atoms with Gasteiger partial charge in [-0.05, 0) is 67.3 Å². The molecule has 0 radical (unpaired) electrons. The van der Waals surface area contributed by atoms with Gasteiger partial charge in [-0.15, -0.1) is 0 Å². The fraction of sp³-hybridized carbons (Fsp3) is 0.200. The first kappa shape index (κ1) is 18.9. The molecule has 1 unspecified atom stereocenters. The molecule has 1 aliphatic heterocycles. The minimum Gasteiger partial charge on any atom is -0.454 e. The van der Waals surface area contributed by atoms with Gasteiger partial charge >= 0.3 is 5.97 Å². The van der Waals surface area contributed by atoms with Crippen molar-refractivity contribution in [3.05, 3.63) is 99.6 Å². The Labute approximate surface area is 170 Å². The molecule has 4 nitrogen and oxygen atoms in total. The summed E-state index contributed by atoms with van der Waals surface area (Å²) in [6.45, 7) is 6.02. The van der Waals surface area contributed by atoms with E-state index in [1.54, 1.807) is 18.2 Å². The molecule has 0 aliphatic carbocycles. The van der Waals surface area contributed by atoms with Gasteiger partial charge < -0.3 is 10.1 Å². The van der Waals surface area contributed by atoms with Crippen molar-refractivity contribution in [2.24, 2.45) is 0 Å². The molecule has 3 aromatic carbocycles. The topological polar surface area (TPSA) is 55.4 Å². The second-order valence-electron chi connectivity index (χ2n) is 7.58. The summed E-state index contributed by atoms with van der Waals surface area (Å²) < 4.78 is 5.62. The van der Waals surface area contributed by atoms with Gasteiger partial charge in [-0.1, -0.05) is 42.0 Å². The van der Waals surface area contributed by atoms with Crippen LogP contribution >= 0.6 is 0 Å². The Morgan fingerprint density at radius 1 is 1.00 bits per heavy atom. The lowest BCUT2D eigenvalue weighted by molar-refractivity contribution is 0.0252. The van der Waals surface area contributed by atoms with Gasteiger partial charge in [-0.2, -0.15) is 0 Å². The fourth-order valence-electron chi connectivity index (χ4n) is 3.59. The number of ether oxygens (including phenoxy) is 1. The van der Waals surface area contributed by atoms with Crippen LogP contribution < -0.4 is 5.32 Å².